The average Bonchev–Trinajstić information content (AvgIpc) is 2.54. The van der Waals surface area contributed by atoms with Crippen molar-refractivity contribution in [2.45, 2.75) is 13.3 Å². The summed E-state index contributed by atoms with van der Waals surface area (Å²) in [5, 5.41) is 8.96. The van der Waals surface area contributed by atoms with E-state index in [2.05, 4.69) is 9.88 Å². The summed E-state index contributed by atoms with van der Waals surface area (Å²) in [5.74, 6) is 0.942. The predicted octanol–water partition coefficient (Wildman–Crippen LogP) is 1.58. The highest BCUT2D eigenvalue weighted by atomic mass is 16.4. The van der Waals surface area contributed by atoms with Crippen LogP contribution in [0.1, 0.15) is 12.1 Å². The Morgan fingerprint density at radius 3 is 2.82 bits per heavy atom. The number of hydrogen-bond donors (Lipinski definition) is 1. The van der Waals surface area contributed by atoms with Crippen LogP contribution in [0.4, 0.5) is 10.6 Å². The van der Waals surface area contributed by atoms with Gasteiger partial charge in [-0.15, -0.1) is 0 Å². The zero-order valence-corrected chi connectivity index (χ0v) is 9.96. The van der Waals surface area contributed by atoms with Gasteiger partial charge in [0.2, 0.25) is 0 Å². The quantitative estimate of drug-likeness (QED) is 0.803. The maximum Gasteiger partial charge on any atom is 0.407 e. The molecule has 1 N–H and O–H groups in total. The molecular weight excluding hydrogens is 218 g/mol. The third kappa shape index (κ3) is 2.87. The molecule has 2 rings (SSSR count). The van der Waals surface area contributed by atoms with Gasteiger partial charge in [0.05, 0.1) is 0 Å². The first kappa shape index (κ1) is 11.7. The summed E-state index contributed by atoms with van der Waals surface area (Å²) >= 11 is 0. The van der Waals surface area contributed by atoms with Gasteiger partial charge >= 0.3 is 6.09 Å². The summed E-state index contributed by atoms with van der Waals surface area (Å²) in [6.45, 7) is 4.69. The van der Waals surface area contributed by atoms with Crippen molar-refractivity contribution in [2.75, 3.05) is 31.1 Å². The van der Waals surface area contributed by atoms with Gasteiger partial charge in [-0.25, -0.2) is 9.78 Å². The monoisotopic (exact) mass is 235 g/mol. The van der Waals surface area contributed by atoms with Crippen molar-refractivity contribution in [1.82, 2.24) is 9.88 Å². The maximum atomic E-state index is 10.9. The van der Waals surface area contributed by atoms with Crippen LogP contribution >= 0.6 is 0 Å². The summed E-state index contributed by atoms with van der Waals surface area (Å²) in [4.78, 5) is 19.0. The molecule has 5 heteroatoms. The summed E-state index contributed by atoms with van der Waals surface area (Å²) in [6.07, 6.45) is 0.0195. The van der Waals surface area contributed by atoms with E-state index in [-0.39, 0.29) is 0 Å². The molecule has 0 spiro atoms. The van der Waals surface area contributed by atoms with E-state index in [1.807, 2.05) is 25.1 Å². The van der Waals surface area contributed by atoms with Crippen LogP contribution in [0.15, 0.2) is 18.2 Å². The molecule has 5 nitrogen and oxygen atoms in total. The van der Waals surface area contributed by atoms with Crippen LogP contribution in [0.25, 0.3) is 0 Å². The second-order valence-corrected chi connectivity index (χ2v) is 4.25. The number of aryl methyl sites for hydroxylation is 1. The number of aromatic nitrogens is 1. The van der Waals surface area contributed by atoms with Crippen LogP contribution in [0, 0.1) is 6.92 Å². The molecule has 0 atom stereocenters. The van der Waals surface area contributed by atoms with E-state index < -0.39 is 6.09 Å². The lowest BCUT2D eigenvalue weighted by Gasteiger charge is -2.21. The van der Waals surface area contributed by atoms with E-state index in [1.165, 1.54) is 4.90 Å². The van der Waals surface area contributed by atoms with Crippen LogP contribution in [-0.4, -0.2) is 47.3 Å². The van der Waals surface area contributed by atoms with E-state index >= 15 is 0 Å². The number of rotatable bonds is 1. The minimum Gasteiger partial charge on any atom is -0.465 e. The molecule has 1 amide bonds. The molecule has 0 saturated carbocycles. The summed E-state index contributed by atoms with van der Waals surface area (Å²) in [6, 6.07) is 5.92. The Kier molecular flexibility index (Phi) is 3.46. The highest BCUT2D eigenvalue weighted by Crippen LogP contribution is 2.14. The van der Waals surface area contributed by atoms with E-state index in [4.69, 9.17) is 5.11 Å². The molecule has 0 aromatic carbocycles. The number of pyridine rings is 1. The first-order valence-corrected chi connectivity index (χ1v) is 5.83. The fourth-order valence-corrected chi connectivity index (χ4v) is 2.04. The Morgan fingerprint density at radius 2 is 2.12 bits per heavy atom. The molecule has 0 radical (unpaired) electrons. The topological polar surface area (TPSA) is 56.7 Å². The lowest BCUT2D eigenvalue weighted by molar-refractivity contribution is 0.148. The fraction of sp³-hybridized carbons (Fsp3) is 0.500. The van der Waals surface area contributed by atoms with Crippen molar-refractivity contribution in [3.05, 3.63) is 23.9 Å². The molecular formula is C12H17N3O2. The normalized spacial score (nSPS) is 16.8. The second kappa shape index (κ2) is 5.03. The van der Waals surface area contributed by atoms with Gasteiger partial charge in [-0.2, -0.15) is 0 Å². The van der Waals surface area contributed by atoms with E-state index in [0.717, 1.165) is 24.5 Å². The Labute approximate surface area is 101 Å². The van der Waals surface area contributed by atoms with Crippen LogP contribution in [-0.2, 0) is 0 Å². The molecule has 17 heavy (non-hydrogen) atoms. The summed E-state index contributed by atoms with van der Waals surface area (Å²) in [7, 11) is 0. The molecule has 1 aromatic heterocycles. The number of nitrogens with zero attached hydrogens (tertiary/aromatic N) is 3. The molecule has 92 valence electrons. The van der Waals surface area contributed by atoms with E-state index in [9.17, 15) is 4.79 Å². The van der Waals surface area contributed by atoms with Crippen molar-refractivity contribution in [2.24, 2.45) is 0 Å². The number of amides is 1. The van der Waals surface area contributed by atoms with Crippen molar-refractivity contribution >= 4 is 11.9 Å². The number of anilines is 1. The first-order chi connectivity index (χ1) is 8.16. The second-order valence-electron chi connectivity index (χ2n) is 4.25. The molecule has 1 fully saturated rings. The minimum absolute atomic E-state index is 0.547. The smallest absolute Gasteiger partial charge is 0.407 e. The maximum absolute atomic E-state index is 10.9. The molecule has 1 aromatic rings. The summed E-state index contributed by atoms with van der Waals surface area (Å²) < 4.78 is 0. The van der Waals surface area contributed by atoms with Crippen LogP contribution < -0.4 is 4.90 Å². The van der Waals surface area contributed by atoms with Gasteiger partial charge in [0.15, 0.2) is 0 Å². The van der Waals surface area contributed by atoms with Gasteiger partial charge in [0.1, 0.15) is 5.82 Å². The van der Waals surface area contributed by atoms with Crippen molar-refractivity contribution in [3.8, 4) is 0 Å². The Morgan fingerprint density at radius 1 is 1.29 bits per heavy atom. The standard InChI is InChI=1S/C12H17N3O2/c1-10-4-2-5-11(13-10)14-6-3-7-15(9-8-14)12(16)17/h2,4-5H,3,6-9H2,1H3,(H,16,17). The van der Waals surface area contributed by atoms with Crippen LogP contribution in [0.5, 0.6) is 0 Å². The Bertz CT molecular complexity index is 408. The highest BCUT2D eigenvalue weighted by Gasteiger charge is 2.18. The first-order valence-electron chi connectivity index (χ1n) is 5.83. The van der Waals surface area contributed by atoms with Gasteiger partial charge in [-0.1, -0.05) is 6.07 Å². The highest BCUT2D eigenvalue weighted by molar-refractivity contribution is 5.65. The van der Waals surface area contributed by atoms with Gasteiger partial charge < -0.3 is 14.9 Å². The molecule has 0 bridgehead atoms. The predicted molar refractivity (Wildman–Crippen MR) is 65.4 cm³/mol. The van der Waals surface area contributed by atoms with Crippen LogP contribution in [0.3, 0.4) is 0 Å². The fourth-order valence-electron chi connectivity index (χ4n) is 2.04. The third-order valence-corrected chi connectivity index (χ3v) is 2.96. The van der Waals surface area contributed by atoms with Crippen molar-refractivity contribution in [1.29, 1.82) is 0 Å². The van der Waals surface area contributed by atoms with E-state index in [0.29, 0.717) is 19.6 Å². The zero-order valence-electron chi connectivity index (χ0n) is 9.96. The molecule has 0 aliphatic carbocycles. The molecule has 1 saturated heterocycles. The van der Waals surface area contributed by atoms with Gasteiger partial charge in [-0.05, 0) is 25.5 Å². The number of carbonyl (C=O) groups is 1. The number of carboxylic acid groups (broad SMARTS) is 1. The molecule has 1 aliphatic rings. The molecule has 2 heterocycles. The Hall–Kier alpha value is -1.78. The van der Waals surface area contributed by atoms with Crippen molar-refractivity contribution < 1.29 is 9.90 Å². The molecule has 1 aliphatic heterocycles. The third-order valence-electron chi connectivity index (χ3n) is 2.96. The molecule has 0 unspecified atom stereocenters. The largest absolute Gasteiger partial charge is 0.465 e. The number of hydrogen-bond acceptors (Lipinski definition) is 3. The lowest BCUT2D eigenvalue weighted by Crippen LogP contribution is -2.34. The van der Waals surface area contributed by atoms with Gasteiger partial charge in [-0.3, -0.25) is 0 Å². The van der Waals surface area contributed by atoms with E-state index in [1.54, 1.807) is 0 Å². The van der Waals surface area contributed by atoms with Gasteiger partial charge in [0.25, 0.3) is 0 Å². The minimum atomic E-state index is -0.830. The van der Waals surface area contributed by atoms with Crippen molar-refractivity contribution in [3.63, 3.8) is 0 Å². The van der Waals surface area contributed by atoms with Crippen LogP contribution in [0.2, 0.25) is 0 Å². The lowest BCUT2D eigenvalue weighted by atomic mass is 10.3. The SMILES string of the molecule is Cc1cccc(N2CCCN(C(=O)O)CC2)n1. The Balaban J connectivity index is 2.06. The summed E-state index contributed by atoms with van der Waals surface area (Å²) in [5.41, 5.74) is 0.988. The van der Waals surface area contributed by atoms with Gasteiger partial charge in [0, 0.05) is 31.9 Å². The average molecular weight is 235 g/mol. The zero-order chi connectivity index (χ0) is 12.3.